The molecule has 0 aliphatic heterocycles. The predicted octanol–water partition coefficient (Wildman–Crippen LogP) is 2.10. The number of nitrogens with zero attached hydrogens (tertiary/aromatic N) is 1. The predicted molar refractivity (Wildman–Crippen MR) is 61.6 cm³/mol. The number of H-pyrrole nitrogens is 1. The Hall–Kier alpha value is -0.970. The van der Waals surface area contributed by atoms with E-state index in [2.05, 4.69) is 9.97 Å². The van der Waals surface area contributed by atoms with Crippen LogP contribution < -0.4 is 5.56 Å². The number of aromatic hydroxyl groups is 1. The first kappa shape index (κ1) is 12.1. The fourth-order valence-electron chi connectivity index (χ4n) is 1.30. The summed E-state index contributed by atoms with van der Waals surface area (Å²) >= 11 is 1.40. The molecular weight excluding hydrogens is 212 g/mol. The Morgan fingerprint density at radius 3 is 2.67 bits per heavy atom. The normalized spacial score (nSPS) is 12.7. The average molecular weight is 228 g/mol. The molecule has 0 unspecified atom stereocenters. The average Bonchev–Trinajstić information content (AvgIpc) is 2.16. The summed E-state index contributed by atoms with van der Waals surface area (Å²) < 4.78 is 0. The maximum absolute atomic E-state index is 11.7. The van der Waals surface area contributed by atoms with Crippen LogP contribution in [0.1, 0.15) is 38.7 Å². The van der Waals surface area contributed by atoms with Crippen molar-refractivity contribution < 1.29 is 5.11 Å². The van der Waals surface area contributed by atoms with Crippen LogP contribution in [0.5, 0.6) is 5.88 Å². The lowest BCUT2D eigenvalue weighted by Gasteiger charge is -2.09. The van der Waals surface area contributed by atoms with E-state index in [1.807, 2.05) is 20.8 Å². The molecule has 15 heavy (non-hydrogen) atoms. The third-order valence-corrected chi connectivity index (χ3v) is 3.06. The second-order valence-corrected chi connectivity index (χ2v) is 4.60. The zero-order valence-electron chi connectivity index (χ0n) is 9.20. The molecule has 1 heterocycles. The van der Waals surface area contributed by atoms with E-state index >= 15 is 0 Å². The standard InChI is InChI=1S/C10H16N2O2S/c1-4-6(3)7-8(13)11-10(15-5-2)12-9(7)14/h6H,4-5H2,1-3H3,(H2,11,12,13,14)/t6-/m0/s1. The smallest absolute Gasteiger partial charge is 0.258 e. The Morgan fingerprint density at radius 2 is 2.20 bits per heavy atom. The van der Waals surface area contributed by atoms with Gasteiger partial charge in [-0.3, -0.25) is 4.79 Å². The van der Waals surface area contributed by atoms with Crippen LogP contribution in [0, 0.1) is 0 Å². The van der Waals surface area contributed by atoms with Gasteiger partial charge < -0.3 is 10.1 Å². The van der Waals surface area contributed by atoms with Gasteiger partial charge in [-0.2, -0.15) is 4.98 Å². The first-order chi connectivity index (χ1) is 7.10. The molecule has 0 amide bonds. The van der Waals surface area contributed by atoms with Crippen LogP contribution in [0.25, 0.3) is 0 Å². The molecule has 5 heteroatoms. The molecule has 0 aliphatic rings. The lowest BCUT2D eigenvalue weighted by molar-refractivity contribution is 0.429. The third kappa shape index (κ3) is 2.75. The maximum atomic E-state index is 11.7. The first-order valence-corrected chi connectivity index (χ1v) is 6.04. The largest absolute Gasteiger partial charge is 0.493 e. The highest BCUT2D eigenvalue weighted by Gasteiger charge is 2.15. The number of aromatic nitrogens is 2. The fraction of sp³-hybridized carbons (Fsp3) is 0.600. The molecule has 0 fully saturated rings. The zero-order valence-corrected chi connectivity index (χ0v) is 10.0. The van der Waals surface area contributed by atoms with Gasteiger partial charge in [0.25, 0.3) is 5.56 Å². The number of aromatic amines is 1. The Labute approximate surface area is 93.1 Å². The number of hydrogen-bond donors (Lipinski definition) is 2. The monoisotopic (exact) mass is 228 g/mol. The topological polar surface area (TPSA) is 66.0 Å². The van der Waals surface area contributed by atoms with Gasteiger partial charge in [0, 0.05) is 0 Å². The number of nitrogens with one attached hydrogen (secondary N) is 1. The number of hydrogen-bond acceptors (Lipinski definition) is 4. The van der Waals surface area contributed by atoms with Gasteiger partial charge in [-0.15, -0.1) is 0 Å². The van der Waals surface area contributed by atoms with Gasteiger partial charge >= 0.3 is 0 Å². The fourth-order valence-corrected chi connectivity index (χ4v) is 1.89. The summed E-state index contributed by atoms with van der Waals surface area (Å²) in [6.07, 6.45) is 0.804. The molecule has 1 aromatic heterocycles. The summed E-state index contributed by atoms with van der Waals surface area (Å²) in [5.74, 6) is 0.705. The Kier molecular flexibility index (Phi) is 4.20. The van der Waals surface area contributed by atoms with Crippen molar-refractivity contribution in [1.29, 1.82) is 0 Å². The lowest BCUT2D eigenvalue weighted by Crippen LogP contribution is -2.17. The molecule has 2 N–H and O–H groups in total. The summed E-state index contributed by atoms with van der Waals surface area (Å²) in [6, 6.07) is 0. The molecule has 4 nitrogen and oxygen atoms in total. The quantitative estimate of drug-likeness (QED) is 0.612. The van der Waals surface area contributed by atoms with Crippen molar-refractivity contribution in [3.63, 3.8) is 0 Å². The van der Waals surface area contributed by atoms with Gasteiger partial charge in [0.1, 0.15) is 0 Å². The Morgan fingerprint density at radius 1 is 1.53 bits per heavy atom. The second kappa shape index (κ2) is 5.21. The molecule has 0 radical (unpaired) electrons. The lowest BCUT2D eigenvalue weighted by atomic mass is 10.0. The van der Waals surface area contributed by atoms with Crippen LogP contribution in [0.2, 0.25) is 0 Å². The van der Waals surface area contributed by atoms with Gasteiger partial charge in [0.15, 0.2) is 5.16 Å². The molecule has 1 atom stereocenters. The van der Waals surface area contributed by atoms with Crippen LogP contribution in [0.3, 0.4) is 0 Å². The van der Waals surface area contributed by atoms with Crippen molar-refractivity contribution in [1.82, 2.24) is 9.97 Å². The molecular formula is C10H16N2O2S. The van der Waals surface area contributed by atoms with Crippen molar-refractivity contribution in [2.75, 3.05) is 5.75 Å². The maximum Gasteiger partial charge on any atom is 0.258 e. The molecule has 0 bridgehead atoms. The van der Waals surface area contributed by atoms with Crippen molar-refractivity contribution in [3.8, 4) is 5.88 Å². The minimum absolute atomic E-state index is 0.0296. The molecule has 1 rings (SSSR count). The highest BCUT2D eigenvalue weighted by Crippen LogP contribution is 2.23. The Bertz CT molecular complexity index is 389. The van der Waals surface area contributed by atoms with Crippen molar-refractivity contribution >= 4 is 11.8 Å². The van der Waals surface area contributed by atoms with Crippen molar-refractivity contribution in [2.24, 2.45) is 0 Å². The van der Waals surface area contributed by atoms with E-state index < -0.39 is 0 Å². The van der Waals surface area contributed by atoms with E-state index in [0.717, 1.165) is 12.2 Å². The third-order valence-electron chi connectivity index (χ3n) is 2.30. The van der Waals surface area contributed by atoms with E-state index in [0.29, 0.717) is 10.7 Å². The summed E-state index contributed by atoms with van der Waals surface area (Å²) in [6.45, 7) is 5.83. The minimum Gasteiger partial charge on any atom is -0.493 e. The summed E-state index contributed by atoms with van der Waals surface area (Å²) in [5.41, 5.74) is 0.158. The number of thioether (sulfide) groups is 1. The molecule has 1 aromatic rings. The number of rotatable bonds is 4. The van der Waals surface area contributed by atoms with Crippen molar-refractivity contribution in [2.45, 2.75) is 38.3 Å². The molecule has 0 saturated heterocycles. The first-order valence-electron chi connectivity index (χ1n) is 5.06. The molecule has 84 valence electrons. The van der Waals surface area contributed by atoms with Gasteiger partial charge in [0.2, 0.25) is 5.88 Å². The molecule has 0 spiro atoms. The van der Waals surface area contributed by atoms with E-state index in [4.69, 9.17) is 0 Å². The van der Waals surface area contributed by atoms with Crippen LogP contribution in [0.4, 0.5) is 0 Å². The summed E-state index contributed by atoms with van der Waals surface area (Å²) in [5, 5.41) is 10.1. The SMILES string of the molecule is CCSc1nc(O)c([C@@H](C)CC)c(=O)[nH]1. The van der Waals surface area contributed by atoms with E-state index in [-0.39, 0.29) is 17.4 Å². The highest BCUT2D eigenvalue weighted by molar-refractivity contribution is 7.99. The van der Waals surface area contributed by atoms with Gasteiger partial charge in [-0.25, -0.2) is 0 Å². The van der Waals surface area contributed by atoms with E-state index in [1.165, 1.54) is 11.8 Å². The zero-order chi connectivity index (χ0) is 11.4. The minimum atomic E-state index is -0.229. The summed E-state index contributed by atoms with van der Waals surface area (Å²) in [4.78, 5) is 18.3. The molecule has 0 saturated carbocycles. The van der Waals surface area contributed by atoms with Gasteiger partial charge in [0.05, 0.1) is 5.56 Å². The van der Waals surface area contributed by atoms with Crippen LogP contribution >= 0.6 is 11.8 Å². The second-order valence-electron chi connectivity index (χ2n) is 3.35. The van der Waals surface area contributed by atoms with Crippen molar-refractivity contribution in [3.05, 3.63) is 15.9 Å². The van der Waals surface area contributed by atoms with Crippen LogP contribution in [0.15, 0.2) is 9.95 Å². The van der Waals surface area contributed by atoms with Crippen LogP contribution in [-0.4, -0.2) is 20.8 Å². The van der Waals surface area contributed by atoms with E-state index in [1.54, 1.807) is 0 Å². The van der Waals surface area contributed by atoms with Gasteiger partial charge in [-0.05, 0) is 18.1 Å². The van der Waals surface area contributed by atoms with E-state index in [9.17, 15) is 9.90 Å². The Balaban J connectivity index is 3.15. The van der Waals surface area contributed by atoms with Crippen LogP contribution in [-0.2, 0) is 0 Å². The van der Waals surface area contributed by atoms with Gasteiger partial charge in [-0.1, -0.05) is 32.5 Å². The molecule has 0 aromatic carbocycles. The highest BCUT2D eigenvalue weighted by atomic mass is 32.2. The summed E-state index contributed by atoms with van der Waals surface area (Å²) in [7, 11) is 0. The molecule has 0 aliphatic carbocycles.